The van der Waals surface area contributed by atoms with E-state index in [1.54, 1.807) is 17.2 Å². The number of fused-ring (bicyclic) bond motifs is 1. The lowest BCUT2D eigenvalue weighted by atomic mass is 10.1. The molecule has 3 aromatic heterocycles. The Morgan fingerprint density at radius 1 is 1.19 bits per heavy atom. The van der Waals surface area contributed by atoms with Gasteiger partial charge in [-0.2, -0.15) is 5.10 Å². The molecule has 4 rings (SSSR count). The number of aromatic nitrogens is 5. The highest BCUT2D eigenvalue weighted by atomic mass is 16.4. The van der Waals surface area contributed by atoms with Gasteiger partial charge in [0.2, 0.25) is 0 Å². The second kappa shape index (κ2) is 6.44. The van der Waals surface area contributed by atoms with Gasteiger partial charge in [-0.3, -0.25) is 4.79 Å². The van der Waals surface area contributed by atoms with Gasteiger partial charge in [-0.15, -0.1) is 0 Å². The molecule has 0 aliphatic heterocycles. The molecule has 1 N–H and O–H groups in total. The van der Waals surface area contributed by atoms with Crippen molar-refractivity contribution in [2.24, 2.45) is 0 Å². The van der Waals surface area contributed by atoms with Crippen molar-refractivity contribution in [1.29, 1.82) is 0 Å². The lowest BCUT2D eigenvalue weighted by Crippen LogP contribution is -2.05. The lowest BCUT2D eigenvalue weighted by Gasteiger charge is -2.09. The first-order chi connectivity index (χ1) is 12.6. The minimum Gasteiger partial charge on any atom is -0.481 e. The summed E-state index contributed by atoms with van der Waals surface area (Å²) < 4.78 is 3.77. The first-order valence-electron chi connectivity index (χ1n) is 8.22. The normalized spacial score (nSPS) is 11.1. The summed E-state index contributed by atoms with van der Waals surface area (Å²) in [5, 5.41) is 14.2. The van der Waals surface area contributed by atoms with Crippen molar-refractivity contribution in [2.45, 2.75) is 19.9 Å². The quantitative estimate of drug-likeness (QED) is 0.600. The van der Waals surface area contributed by atoms with Crippen LogP contribution in [0.3, 0.4) is 0 Å². The average molecular weight is 347 g/mol. The van der Waals surface area contributed by atoms with Crippen molar-refractivity contribution in [3.63, 3.8) is 0 Å². The summed E-state index contributed by atoms with van der Waals surface area (Å²) in [4.78, 5) is 19.7. The zero-order valence-electron chi connectivity index (χ0n) is 14.2. The summed E-state index contributed by atoms with van der Waals surface area (Å²) in [6, 6.07) is 11.8. The fourth-order valence-corrected chi connectivity index (χ4v) is 3.21. The van der Waals surface area contributed by atoms with Crippen LogP contribution in [-0.2, 0) is 17.8 Å². The van der Waals surface area contributed by atoms with Gasteiger partial charge in [-0.25, -0.2) is 14.6 Å². The number of carbonyl (C=O) groups is 1. The molecule has 0 aliphatic carbocycles. The second-order valence-corrected chi connectivity index (χ2v) is 6.10. The first-order valence-corrected chi connectivity index (χ1v) is 8.22. The Bertz CT molecular complexity index is 1070. The predicted molar refractivity (Wildman–Crippen MR) is 96.3 cm³/mol. The number of aliphatic carboxylic acids is 1. The first kappa shape index (κ1) is 16.0. The maximum atomic E-state index is 11.2. The third kappa shape index (κ3) is 2.83. The van der Waals surface area contributed by atoms with Crippen molar-refractivity contribution in [2.75, 3.05) is 0 Å². The van der Waals surface area contributed by atoms with Crippen molar-refractivity contribution >= 4 is 17.0 Å². The minimum absolute atomic E-state index is 0.00768. The number of carboxylic acid groups (broad SMARTS) is 1. The Morgan fingerprint density at radius 3 is 2.69 bits per heavy atom. The second-order valence-electron chi connectivity index (χ2n) is 6.10. The van der Waals surface area contributed by atoms with Gasteiger partial charge in [0.1, 0.15) is 18.3 Å². The lowest BCUT2D eigenvalue weighted by molar-refractivity contribution is -0.136. The number of hydrogen-bond donors (Lipinski definition) is 1. The maximum Gasteiger partial charge on any atom is 0.307 e. The van der Waals surface area contributed by atoms with Crippen LogP contribution in [0.5, 0.6) is 0 Å². The van der Waals surface area contributed by atoms with E-state index in [0.29, 0.717) is 6.54 Å². The highest BCUT2D eigenvalue weighted by Crippen LogP contribution is 2.26. The third-order valence-corrected chi connectivity index (χ3v) is 4.50. The SMILES string of the molecule is Cc1c(CC(=O)O)c2cccnc2n1Cc1ccc(-n2cncn2)cc1. The van der Waals surface area contributed by atoms with Gasteiger partial charge in [-0.05, 0) is 42.3 Å². The smallest absolute Gasteiger partial charge is 0.307 e. The number of pyridine rings is 1. The van der Waals surface area contributed by atoms with Crippen LogP contribution in [0.1, 0.15) is 16.8 Å². The van der Waals surface area contributed by atoms with Gasteiger partial charge in [0.25, 0.3) is 0 Å². The van der Waals surface area contributed by atoms with E-state index in [1.165, 1.54) is 6.33 Å². The zero-order valence-corrected chi connectivity index (χ0v) is 14.2. The Kier molecular flexibility index (Phi) is 3.96. The molecule has 0 spiro atoms. The number of benzene rings is 1. The molecule has 7 heteroatoms. The van der Waals surface area contributed by atoms with Gasteiger partial charge >= 0.3 is 5.97 Å². The molecule has 0 amide bonds. The molecule has 130 valence electrons. The number of carboxylic acids is 1. The Morgan fingerprint density at radius 2 is 2.00 bits per heavy atom. The fourth-order valence-electron chi connectivity index (χ4n) is 3.21. The van der Waals surface area contributed by atoms with E-state index >= 15 is 0 Å². The van der Waals surface area contributed by atoms with Crippen LogP contribution in [0.25, 0.3) is 16.7 Å². The van der Waals surface area contributed by atoms with Crippen molar-refractivity contribution < 1.29 is 9.90 Å². The fraction of sp³-hybridized carbons (Fsp3) is 0.158. The maximum absolute atomic E-state index is 11.2. The van der Waals surface area contributed by atoms with Crippen LogP contribution in [0, 0.1) is 6.92 Å². The monoisotopic (exact) mass is 347 g/mol. The molecule has 0 saturated heterocycles. The minimum atomic E-state index is -0.840. The van der Waals surface area contributed by atoms with Crippen LogP contribution >= 0.6 is 0 Å². The van der Waals surface area contributed by atoms with Gasteiger partial charge in [0.15, 0.2) is 0 Å². The highest BCUT2D eigenvalue weighted by molar-refractivity contribution is 5.86. The van der Waals surface area contributed by atoms with Crippen LogP contribution in [0.15, 0.2) is 55.2 Å². The Balaban J connectivity index is 1.71. The molecule has 0 unspecified atom stereocenters. The molecule has 26 heavy (non-hydrogen) atoms. The van der Waals surface area contributed by atoms with Crippen LogP contribution in [0.4, 0.5) is 0 Å². The molecule has 1 aromatic carbocycles. The van der Waals surface area contributed by atoms with Crippen molar-refractivity contribution in [3.8, 4) is 5.69 Å². The summed E-state index contributed by atoms with van der Waals surface area (Å²) in [6.07, 6.45) is 4.88. The Hall–Kier alpha value is -3.48. The van der Waals surface area contributed by atoms with Gasteiger partial charge < -0.3 is 9.67 Å². The molecule has 0 fully saturated rings. The van der Waals surface area contributed by atoms with Crippen LogP contribution < -0.4 is 0 Å². The Labute approximate surface area is 149 Å². The molecular formula is C19H17N5O2. The van der Waals surface area contributed by atoms with Crippen LogP contribution in [-0.4, -0.2) is 35.4 Å². The molecule has 7 nitrogen and oxygen atoms in total. The van der Waals surface area contributed by atoms with Gasteiger partial charge in [0.05, 0.1) is 12.1 Å². The van der Waals surface area contributed by atoms with Gasteiger partial charge in [0, 0.05) is 23.8 Å². The van der Waals surface area contributed by atoms with Crippen LogP contribution in [0.2, 0.25) is 0 Å². The summed E-state index contributed by atoms with van der Waals surface area (Å²) >= 11 is 0. The standard InChI is InChI=1S/C19H17N5O2/c1-13-17(9-18(25)26)16-3-2-8-21-19(16)23(13)10-14-4-6-15(7-5-14)24-12-20-11-22-24/h2-8,11-12H,9-10H2,1H3,(H,25,26). The van der Waals surface area contributed by atoms with E-state index in [1.807, 2.05) is 43.3 Å². The predicted octanol–water partition coefficient (Wildman–Crippen LogP) is 2.60. The van der Waals surface area contributed by atoms with E-state index in [4.69, 9.17) is 0 Å². The molecule has 0 bridgehead atoms. The average Bonchev–Trinajstić information content (AvgIpc) is 3.26. The summed E-state index contributed by atoms with van der Waals surface area (Å²) in [5.41, 5.74) is 4.59. The number of rotatable bonds is 5. The molecular weight excluding hydrogens is 330 g/mol. The molecule has 0 radical (unpaired) electrons. The van der Waals surface area contributed by atoms with E-state index in [0.717, 1.165) is 33.5 Å². The molecule has 0 saturated carbocycles. The largest absolute Gasteiger partial charge is 0.481 e. The van der Waals surface area contributed by atoms with E-state index in [9.17, 15) is 9.90 Å². The highest BCUT2D eigenvalue weighted by Gasteiger charge is 2.17. The third-order valence-electron chi connectivity index (χ3n) is 4.50. The summed E-state index contributed by atoms with van der Waals surface area (Å²) in [7, 11) is 0. The molecule has 3 heterocycles. The van der Waals surface area contributed by atoms with E-state index < -0.39 is 5.97 Å². The summed E-state index contributed by atoms with van der Waals surface area (Å²) in [6.45, 7) is 2.57. The van der Waals surface area contributed by atoms with Gasteiger partial charge in [-0.1, -0.05) is 12.1 Å². The molecule has 0 aliphatic rings. The number of hydrogen-bond acceptors (Lipinski definition) is 4. The summed E-state index contributed by atoms with van der Waals surface area (Å²) in [5.74, 6) is -0.840. The number of nitrogens with zero attached hydrogens (tertiary/aromatic N) is 5. The van der Waals surface area contributed by atoms with E-state index in [2.05, 4.69) is 19.6 Å². The van der Waals surface area contributed by atoms with Crippen molar-refractivity contribution in [1.82, 2.24) is 24.3 Å². The van der Waals surface area contributed by atoms with E-state index in [-0.39, 0.29) is 6.42 Å². The topological polar surface area (TPSA) is 85.8 Å². The zero-order chi connectivity index (χ0) is 18.1. The molecule has 0 atom stereocenters. The molecule has 4 aromatic rings. The van der Waals surface area contributed by atoms with Crippen molar-refractivity contribution in [3.05, 3.63) is 72.1 Å².